The summed E-state index contributed by atoms with van der Waals surface area (Å²) in [4.78, 5) is 11.1. The number of carbonyl (C=O) groups is 1. The van der Waals surface area contributed by atoms with Crippen molar-refractivity contribution < 1.29 is 4.79 Å². The summed E-state index contributed by atoms with van der Waals surface area (Å²) in [6.45, 7) is 1.72. The van der Waals surface area contributed by atoms with Crippen LogP contribution in [0.2, 0.25) is 0 Å². The molecule has 0 aliphatic carbocycles. The fourth-order valence-electron chi connectivity index (χ4n) is 1.52. The van der Waals surface area contributed by atoms with Crippen molar-refractivity contribution in [1.29, 1.82) is 5.26 Å². The van der Waals surface area contributed by atoms with Gasteiger partial charge in [-0.3, -0.25) is 4.79 Å². The molecular weight excluding hydrogens is 216 g/mol. The first kappa shape index (κ1) is 10.9. The molecule has 2 N–H and O–H groups in total. The van der Waals surface area contributed by atoms with Crippen LogP contribution in [0.25, 0.3) is 5.69 Å². The van der Waals surface area contributed by atoms with E-state index in [0.717, 1.165) is 5.69 Å². The lowest BCUT2D eigenvalue weighted by Crippen LogP contribution is -2.11. The van der Waals surface area contributed by atoms with E-state index in [9.17, 15) is 4.79 Å². The van der Waals surface area contributed by atoms with Gasteiger partial charge in [0, 0.05) is 6.20 Å². The average molecular weight is 226 g/mol. The van der Waals surface area contributed by atoms with Crippen molar-refractivity contribution in [2.45, 2.75) is 6.92 Å². The fourth-order valence-corrected chi connectivity index (χ4v) is 1.52. The Kier molecular flexibility index (Phi) is 2.63. The molecule has 1 heterocycles. The minimum absolute atomic E-state index is 0.398. The van der Waals surface area contributed by atoms with Crippen LogP contribution >= 0.6 is 0 Å². The summed E-state index contributed by atoms with van der Waals surface area (Å²) in [6.07, 6.45) is 1.58. The number of hydrogen-bond acceptors (Lipinski definition) is 3. The lowest BCUT2D eigenvalue weighted by Gasteiger charge is -1.99. The van der Waals surface area contributed by atoms with Gasteiger partial charge in [0.25, 0.3) is 5.91 Å². The number of primary amides is 1. The summed E-state index contributed by atoms with van der Waals surface area (Å²) in [5, 5.41) is 12.9. The molecule has 0 saturated heterocycles. The number of nitrogens with two attached hydrogens (primary N) is 1. The smallest absolute Gasteiger partial charge is 0.252 e. The van der Waals surface area contributed by atoms with E-state index in [4.69, 9.17) is 11.0 Å². The Labute approximate surface area is 98.1 Å². The first-order valence-electron chi connectivity index (χ1n) is 4.98. The summed E-state index contributed by atoms with van der Waals surface area (Å²) in [5.41, 5.74) is 7.55. The molecule has 0 radical (unpaired) electrons. The van der Waals surface area contributed by atoms with Crippen LogP contribution in [-0.4, -0.2) is 15.7 Å². The molecule has 1 aromatic heterocycles. The van der Waals surface area contributed by atoms with E-state index in [-0.39, 0.29) is 0 Å². The zero-order valence-corrected chi connectivity index (χ0v) is 9.21. The van der Waals surface area contributed by atoms with Crippen molar-refractivity contribution in [3.8, 4) is 11.8 Å². The Balaban J connectivity index is 2.43. The minimum atomic E-state index is -0.498. The molecule has 0 unspecified atom stereocenters. The fraction of sp³-hybridized carbons (Fsp3) is 0.0833. The maximum atomic E-state index is 11.1. The molecule has 1 amide bonds. The van der Waals surface area contributed by atoms with Crippen molar-refractivity contribution in [3.05, 3.63) is 47.3 Å². The number of nitrogens with zero attached hydrogens (tertiary/aromatic N) is 3. The van der Waals surface area contributed by atoms with Crippen molar-refractivity contribution in [2.24, 2.45) is 5.73 Å². The molecule has 1 aromatic carbocycles. The first-order chi connectivity index (χ1) is 8.11. The predicted molar refractivity (Wildman–Crippen MR) is 61.5 cm³/mol. The summed E-state index contributed by atoms with van der Waals surface area (Å²) in [5.74, 6) is -0.498. The SMILES string of the molecule is Cc1nn(-c2ccc(C#N)cc2)cc1C(N)=O. The summed E-state index contributed by atoms with van der Waals surface area (Å²) in [7, 11) is 0. The number of nitriles is 1. The molecule has 0 spiro atoms. The molecule has 5 heteroatoms. The monoisotopic (exact) mass is 226 g/mol. The molecule has 0 fully saturated rings. The number of benzene rings is 1. The van der Waals surface area contributed by atoms with Gasteiger partial charge < -0.3 is 5.73 Å². The summed E-state index contributed by atoms with van der Waals surface area (Å²) < 4.78 is 1.57. The minimum Gasteiger partial charge on any atom is -0.365 e. The third-order valence-electron chi connectivity index (χ3n) is 2.43. The van der Waals surface area contributed by atoms with E-state index in [1.165, 1.54) is 0 Å². The van der Waals surface area contributed by atoms with Gasteiger partial charge in [0.1, 0.15) is 0 Å². The van der Waals surface area contributed by atoms with Gasteiger partial charge in [0.05, 0.1) is 28.6 Å². The van der Waals surface area contributed by atoms with Gasteiger partial charge in [0.2, 0.25) is 0 Å². The van der Waals surface area contributed by atoms with Crippen LogP contribution in [0.15, 0.2) is 30.5 Å². The van der Waals surface area contributed by atoms with Gasteiger partial charge in [-0.25, -0.2) is 4.68 Å². The van der Waals surface area contributed by atoms with Gasteiger partial charge >= 0.3 is 0 Å². The number of rotatable bonds is 2. The number of hydrogen-bond donors (Lipinski definition) is 1. The van der Waals surface area contributed by atoms with Gasteiger partial charge in [-0.05, 0) is 31.2 Å². The number of amides is 1. The van der Waals surface area contributed by atoms with Crippen LogP contribution in [0.1, 0.15) is 21.6 Å². The predicted octanol–water partition coefficient (Wildman–Crippen LogP) is 1.15. The molecule has 0 aliphatic rings. The topological polar surface area (TPSA) is 84.7 Å². The normalized spacial score (nSPS) is 9.88. The highest BCUT2D eigenvalue weighted by Gasteiger charge is 2.10. The Morgan fingerprint density at radius 2 is 2.06 bits per heavy atom. The molecule has 5 nitrogen and oxygen atoms in total. The van der Waals surface area contributed by atoms with Crippen molar-refractivity contribution in [1.82, 2.24) is 9.78 Å². The van der Waals surface area contributed by atoms with Crippen LogP contribution in [0, 0.1) is 18.3 Å². The second-order valence-corrected chi connectivity index (χ2v) is 3.60. The highest BCUT2D eigenvalue weighted by Crippen LogP contribution is 2.12. The van der Waals surface area contributed by atoms with Crippen LogP contribution in [-0.2, 0) is 0 Å². The molecule has 2 aromatic rings. The molecule has 0 bridgehead atoms. The van der Waals surface area contributed by atoms with Crippen molar-refractivity contribution in [2.75, 3.05) is 0 Å². The van der Waals surface area contributed by atoms with Crippen LogP contribution in [0.3, 0.4) is 0 Å². The van der Waals surface area contributed by atoms with Crippen LogP contribution in [0.5, 0.6) is 0 Å². The summed E-state index contributed by atoms with van der Waals surface area (Å²) in [6, 6.07) is 8.94. The van der Waals surface area contributed by atoms with Gasteiger partial charge in [-0.15, -0.1) is 0 Å². The number of carbonyl (C=O) groups excluding carboxylic acids is 1. The number of aryl methyl sites for hydroxylation is 1. The molecule has 17 heavy (non-hydrogen) atoms. The zero-order valence-electron chi connectivity index (χ0n) is 9.21. The maximum Gasteiger partial charge on any atom is 0.252 e. The zero-order chi connectivity index (χ0) is 12.4. The highest BCUT2D eigenvalue weighted by atomic mass is 16.1. The van der Waals surface area contributed by atoms with Crippen LogP contribution in [0.4, 0.5) is 0 Å². The van der Waals surface area contributed by atoms with E-state index in [1.54, 1.807) is 42.1 Å². The Morgan fingerprint density at radius 3 is 2.53 bits per heavy atom. The molecule has 84 valence electrons. The summed E-state index contributed by atoms with van der Waals surface area (Å²) >= 11 is 0. The van der Waals surface area contributed by atoms with Crippen molar-refractivity contribution in [3.63, 3.8) is 0 Å². The Hall–Kier alpha value is -2.61. The first-order valence-corrected chi connectivity index (χ1v) is 4.98. The quantitative estimate of drug-likeness (QED) is 0.833. The maximum absolute atomic E-state index is 11.1. The standard InChI is InChI=1S/C12H10N4O/c1-8-11(12(14)17)7-16(15-8)10-4-2-9(6-13)3-5-10/h2-5,7H,1H3,(H2,14,17). The van der Waals surface area contributed by atoms with E-state index in [2.05, 4.69) is 5.10 Å². The van der Waals surface area contributed by atoms with Gasteiger partial charge in [0.15, 0.2) is 0 Å². The third kappa shape index (κ3) is 2.01. The van der Waals surface area contributed by atoms with Crippen LogP contribution < -0.4 is 5.73 Å². The lowest BCUT2D eigenvalue weighted by molar-refractivity contribution is 0.0999. The largest absolute Gasteiger partial charge is 0.365 e. The number of aromatic nitrogens is 2. The van der Waals surface area contributed by atoms with E-state index in [0.29, 0.717) is 16.8 Å². The lowest BCUT2D eigenvalue weighted by atomic mass is 10.2. The highest BCUT2D eigenvalue weighted by molar-refractivity contribution is 5.93. The Bertz CT molecular complexity index is 604. The van der Waals surface area contributed by atoms with Gasteiger partial charge in [-0.2, -0.15) is 10.4 Å². The molecule has 0 aliphatic heterocycles. The second kappa shape index (κ2) is 4.10. The average Bonchev–Trinajstić information content (AvgIpc) is 2.71. The molecule has 0 atom stereocenters. The third-order valence-corrected chi connectivity index (χ3v) is 2.43. The van der Waals surface area contributed by atoms with E-state index >= 15 is 0 Å². The molecule has 0 saturated carbocycles. The van der Waals surface area contributed by atoms with Crippen molar-refractivity contribution >= 4 is 5.91 Å². The molecular formula is C12H10N4O. The van der Waals surface area contributed by atoms with Gasteiger partial charge in [-0.1, -0.05) is 0 Å². The van der Waals surface area contributed by atoms with E-state index in [1.807, 2.05) is 6.07 Å². The Morgan fingerprint density at radius 1 is 1.41 bits per heavy atom. The molecule has 2 rings (SSSR count). The second-order valence-electron chi connectivity index (χ2n) is 3.60. The van der Waals surface area contributed by atoms with E-state index < -0.39 is 5.91 Å².